The van der Waals surface area contributed by atoms with Gasteiger partial charge in [-0.1, -0.05) is 19.3 Å². The maximum absolute atomic E-state index is 12.9. The molecule has 0 aromatic carbocycles. The van der Waals surface area contributed by atoms with Crippen molar-refractivity contribution in [1.82, 2.24) is 15.2 Å². The van der Waals surface area contributed by atoms with Crippen molar-refractivity contribution in [3.8, 4) is 0 Å². The second kappa shape index (κ2) is 8.35. The van der Waals surface area contributed by atoms with Gasteiger partial charge in [-0.2, -0.15) is 0 Å². The number of aromatic amines is 1. The number of aromatic nitrogens is 1. The number of amides is 2. The van der Waals surface area contributed by atoms with Gasteiger partial charge in [0.15, 0.2) is 0 Å². The molecule has 0 unspecified atom stereocenters. The maximum Gasteiger partial charge on any atom is 0.255 e. The van der Waals surface area contributed by atoms with Crippen LogP contribution in [0.15, 0.2) is 12.3 Å². The van der Waals surface area contributed by atoms with Gasteiger partial charge in [-0.3, -0.25) is 9.59 Å². The van der Waals surface area contributed by atoms with Crippen LogP contribution < -0.4 is 5.32 Å². The molecule has 1 aromatic heterocycles. The summed E-state index contributed by atoms with van der Waals surface area (Å²) < 4.78 is 6.14. The Labute approximate surface area is 178 Å². The van der Waals surface area contributed by atoms with E-state index in [9.17, 15) is 14.7 Å². The molecule has 3 fully saturated rings. The van der Waals surface area contributed by atoms with Crippen molar-refractivity contribution in [3.63, 3.8) is 0 Å². The highest BCUT2D eigenvalue weighted by atomic mass is 16.5. The average Bonchev–Trinajstić information content (AvgIpc) is 3.18. The van der Waals surface area contributed by atoms with E-state index < -0.39 is 17.2 Å². The Balaban J connectivity index is 1.41. The van der Waals surface area contributed by atoms with Crippen LogP contribution in [0.3, 0.4) is 0 Å². The molecular weight excluding hydrogens is 382 g/mol. The van der Waals surface area contributed by atoms with Gasteiger partial charge in [0.1, 0.15) is 6.10 Å². The van der Waals surface area contributed by atoms with Crippen LogP contribution >= 0.6 is 0 Å². The number of H-pyrrole nitrogens is 1. The molecule has 1 saturated carbocycles. The van der Waals surface area contributed by atoms with Gasteiger partial charge >= 0.3 is 0 Å². The number of nitrogens with zero attached hydrogens (tertiary/aromatic N) is 1. The zero-order valence-corrected chi connectivity index (χ0v) is 18.2. The van der Waals surface area contributed by atoms with Crippen molar-refractivity contribution in [2.75, 3.05) is 19.7 Å². The Morgan fingerprint density at radius 2 is 1.90 bits per heavy atom. The number of nitrogens with one attached hydrogen (secondary N) is 2. The first kappa shape index (κ1) is 21.4. The van der Waals surface area contributed by atoms with Crippen molar-refractivity contribution < 1.29 is 19.4 Å². The molecule has 3 aliphatic rings. The zero-order chi connectivity index (χ0) is 21.4. The Morgan fingerprint density at radius 1 is 1.20 bits per heavy atom. The summed E-state index contributed by atoms with van der Waals surface area (Å²) in [7, 11) is 0. The van der Waals surface area contributed by atoms with E-state index in [-0.39, 0.29) is 17.7 Å². The van der Waals surface area contributed by atoms with Crippen molar-refractivity contribution in [2.45, 2.75) is 82.5 Å². The lowest BCUT2D eigenvalue weighted by Gasteiger charge is -2.53. The Morgan fingerprint density at radius 3 is 2.53 bits per heavy atom. The van der Waals surface area contributed by atoms with Crippen LogP contribution in [0.5, 0.6) is 0 Å². The van der Waals surface area contributed by atoms with E-state index >= 15 is 0 Å². The third-order valence-corrected chi connectivity index (χ3v) is 7.58. The molecule has 1 spiro atoms. The molecule has 0 bridgehead atoms. The summed E-state index contributed by atoms with van der Waals surface area (Å²) in [5, 5.41) is 14.6. The van der Waals surface area contributed by atoms with Crippen molar-refractivity contribution in [3.05, 3.63) is 23.5 Å². The molecule has 3 N–H and O–H groups in total. The lowest BCUT2D eigenvalue weighted by molar-refractivity contribution is -0.206. The maximum atomic E-state index is 12.9. The molecule has 0 radical (unpaired) electrons. The first-order chi connectivity index (χ1) is 14.3. The van der Waals surface area contributed by atoms with Gasteiger partial charge in [0.25, 0.3) is 5.91 Å². The Bertz CT molecular complexity index is 777. The smallest absolute Gasteiger partial charge is 0.255 e. The fraction of sp³-hybridized carbons (Fsp3) is 0.739. The molecule has 7 heteroatoms. The molecule has 4 rings (SSSR count). The van der Waals surface area contributed by atoms with Crippen LogP contribution in [0.4, 0.5) is 0 Å². The van der Waals surface area contributed by atoms with E-state index in [0.29, 0.717) is 44.5 Å². The summed E-state index contributed by atoms with van der Waals surface area (Å²) in [4.78, 5) is 30.6. The minimum absolute atomic E-state index is 0.0160. The average molecular weight is 418 g/mol. The number of aliphatic hydroxyl groups excluding tert-OH is 1. The van der Waals surface area contributed by atoms with Gasteiger partial charge in [-0.05, 0) is 52.0 Å². The molecule has 2 aliphatic heterocycles. The molecular formula is C23H35N3O4. The second-order valence-corrected chi connectivity index (χ2v) is 9.62. The molecule has 2 saturated heterocycles. The Kier molecular flexibility index (Phi) is 5.95. The minimum Gasteiger partial charge on any atom is -0.388 e. The number of hydrogen-bond acceptors (Lipinski definition) is 4. The van der Waals surface area contributed by atoms with Crippen LogP contribution in [0, 0.1) is 12.8 Å². The highest BCUT2D eigenvalue weighted by molar-refractivity contribution is 5.95. The van der Waals surface area contributed by atoms with E-state index in [2.05, 4.69) is 10.3 Å². The predicted octanol–water partition coefficient (Wildman–Crippen LogP) is 2.53. The van der Waals surface area contributed by atoms with Gasteiger partial charge < -0.3 is 25.0 Å². The van der Waals surface area contributed by atoms with Crippen LogP contribution in [-0.2, 0) is 9.53 Å². The third-order valence-electron chi connectivity index (χ3n) is 7.58. The van der Waals surface area contributed by atoms with Gasteiger partial charge in [-0.15, -0.1) is 0 Å². The monoisotopic (exact) mass is 417 g/mol. The molecule has 1 aromatic rings. The molecule has 30 heavy (non-hydrogen) atoms. The highest BCUT2D eigenvalue weighted by Crippen LogP contribution is 2.40. The fourth-order valence-electron chi connectivity index (χ4n) is 5.50. The van der Waals surface area contributed by atoms with Crippen molar-refractivity contribution in [1.29, 1.82) is 0 Å². The number of rotatable bonds is 3. The molecule has 2 atom stereocenters. The summed E-state index contributed by atoms with van der Waals surface area (Å²) >= 11 is 0. The fourth-order valence-corrected chi connectivity index (χ4v) is 5.50. The molecule has 1 aliphatic carbocycles. The number of ether oxygens (including phenoxy) is 1. The summed E-state index contributed by atoms with van der Waals surface area (Å²) in [6.45, 7) is 5.42. The number of piperidine rings is 1. The van der Waals surface area contributed by atoms with Gasteiger partial charge in [0.2, 0.25) is 5.91 Å². The molecule has 7 nitrogen and oxygen atoms in total. The molecule has 3 heterocycles. The van der Waals surface area contributed by atoms with E-state index in [1.54, 1.807) is 6.20 Å². The highest BCUT2D eigenvalue weighted by Gasteiger charge is 2.54. The number of carbonyl (C=O) groups excluding carboxylic acids is 2. The Hall–Kier alpha value is -1.86. The van der Waals surface area contributed by atoms with E-state index in [0.717, 1.165) is 31.4 Å². The van der Waals surface area contributed by atoms with E-state index in [4.69, 9.17) is 4.74 Å². The number of likely N-dealkylation sites (tertiary alicyclic amines) is 1. The quantitative estimate of drug-likeness (QED) is 0.704. The van der Waals surface area contributed by atoms with Crippen LogP contribution in [0.2, 0.25) is 0 Å². The zero-order valence-electron chi connectivity index (χ0n) is 18.2. The SMILES string of the molecule is Cc1[nH]ccc1C(=O)N1CCC2(CC1)OCC[C@@](C)(NC(=O)C1CCCCC1)[C@@H]2O. The van der Waals surface area contributed by atoms with Crippen molar-refractivity contribution >= 4 is 11.8 Å². The lowest BCUT2D eigenvalue weighted by Crippen LogP contribution is -2.69. The van der Waals surface area contributed by atoms with Gasteiger partial charge in [-0.25, -0.2) is 0 Å². The van der Waals surface area contributed by atoms with Gasteiger partial charge in [0.05, 0.1) is 16.7 Å². The molecule has 166 valence electrons. The standard InChI is InChI=1S/C23H35N3O4/c1-16-18(8-12-24-16)20(28)26-13-9-23(10-14-26)21(29)22(2,11-15-30-23)25-19(27)17-6-4-3-5-7-17/h8,12,17,21,24,29H,3-7,9-11,13-15H2,1-2H3,(H,25,27)/t21-,22+/m0/s1. The van der Waals surface area contributed by atoms with E-state index in [1.807, 2.05) is 24.8 Å². The number of aliphatic hydroxyl groups is 1. The summed E-state index contributed by atoms with van der Waals surface area (Å²) in [6.07, 6.45) is 8.02. The first-order valence-electron chi connectivity index (χ1n) is 11.4. The largest absolute Gasteiger partial charge is 0.388 e. The van der Waals surface area contributed by atoms with E-state index in [1.165, 1.54) is 6.42 Å². The van der Waals surface area contributed by atoms with Crippen LogP contribution in [0.25, 0.3) is 0 Å². The lowest BCUT2D eigenvalue weighted by atomic mass is 9.72. The normalized spacial score (nSPS) is 29.7. The second-order valence-electron chi connectivity index (χ2n) is 9.62. The minimum atomic E-state index is -0.794. The topological polar surface area (TPSA) is 94.7 Å². The van der Waals surface area contributed by atoms with Crippen LogP contribution in [0.1, 0.15) is 74.3 Å². The number of carbonyl (C=O) groups is 2. The summed E-state index contributed by atoms with van der Waals surface area (Å²) in [5.41, 5.74) is 0.153. The third kappa shape index (κ3) is 3.89. The number of aryl methyl sites for hydroxylation is 1. The summed E-state index contributed by atoms with van der Waals surface area (Å²) in [6, 6.07) is 1.81. The summed E-state index contributed by atoms with van der Waals surface area (Å²) in [5.74, 6) is 0.150. The first-order valence-corrected chi connectivity index (χ1v) is 11.4. The number of hydrogen-bond donors (Lipinski definition) is 3. The van der Waals surface area contributed by atoms with Gasteiger partial charge in [0, 0.05) is 37.5 Å². The molecule has 2 amide bonds. The van der Waals surface area contributed by atoms with Crippen molar-refractivity contribution in [2.24, 2.45) is 5.92 Å². The van der Waals surface area contributed by atoms with Crippen LogP contribution in [-0.4, -0.2) is 63.7 Å². The predicted molar refractivity (Wildman–Crippen MR) is 113 cm³/mol.